The highest BCUT2D eigenvalue weighted by atomic mass is 16.3. The van der Waals surface area contributed by atoms with E-state index in [1.54, 1.807) is 0 Å². The van der Waals surface area contributed by atoms with E-state index < -0.39 is 5.91 Å². The molecule has 1 aromatic heterocycles. The van der Waals surface area contributed by atoms with Crippen molar-refractivity contribution in [3.63, 3.8) is 0 Å². The fourth-order valence-electron chi connectivity index (χ4n) is 3.22. The minimum Gasteiger partial charge on any atom is -0.393 e. The molecule has 1 amide bonds. The van der Waals surface area contributed by atoms with E-state index in [2.05, 4.69) is 16.9 Å². The van der Waals surface area contributed by atoms with Gasteiger partial charge in [0.25, 0.3) is 5.91 Å². The summed E-state index contributed by atoms with van der Waals surface area (Å²) >= 11 is 0. The molecule has 1 heterocycles. The van der Waals surface area contributed by atoms with Crippen molar-refractivity contribution in [2.45, 2.75) is 70.8 Å². The average molecular weight is 320 g/mol. The standard InChI is InChI=1S/C11H16N4O.C6H12O/c1-11(3-2-4-11)5-8-7(9(12)16)6-14-10(13)15-8;7-6-4-2-1-3-5-6/h6H,2-5H2,1H3,(H2,12,16)(H2,13,14,15);6-7H,1-5H2. The van der Waals surface area contributed by atoms with Gasteiger partial charge in [0.05, 0.1) is 17.4 Å². The normalized spacial score (nSPS) is 20.1. The second kappa shape index (κ2) is 7.73. The van der Waals surface area contributed by atoms with E-state index in [1.165, 1.54) is 31.9 Å². The summed E-state index contributed by atoms with van der Waals surface area (Å²) in [4.78, 5) is 19.2. The van der Waals surface area contributed by atoms with Gasteiger partial charge in [-0.3, -0.25) is 4.79 Å². The molecule has 6 nitrogen and oxygen atoms in total. The zero-order valence-electron chi connectivity index (χ0n) is 13.9. The van der Waals surface area contributed by atoms with Crippen LogP contribution in [0.1, 0.15) is 74.3 Å². The Labute approximate surface area is 137 Å². The van der Waals surface area contributed by atoms with Crippen molar-refractivity contribution in [3.8, 4) is 0 Å². The molecule has 2 fully saturated rings. The van der Waals surface area contributed by atoms with E-state index in [1.807, 2.05) is 0 Å². The summed E-state index contributed by atoms with van der Waals surface area (Å²) in [5.74, 6) is -0.291. The van der Waals surface area contributed by atoms with E-state index in [0.717, 1.165) is 32.1 Å². The van der Waals surface area contributed by atoms with Crippen LogP contribution in [0.15, 0.2) is 6.20 Å². The summed E-state index contributed by atoms with van der Waals surface area (Å²) in [6.07, 6.45) is 11.7. The van der Waals surface area contributed by atoms with Crippen LogP contribution >= 0.6 is 0 Å². The molecular formula is C17H28N4O2. The van der Waals surface area contributed by atoms with Crippen molar-refractivity contribution < 1.29 is 9.90 Å². The molecule has 2 saturated carbocycles. The van der Waals surface area contributed by atoms with Gasteiger partial charge in [-0.25, -0.2) is 9.97 Å². The Kier molecular flexibility index (Phi) is 5.93. The Morgan fingerprint density at radius 1 is 1.30 bits per heavy atom. The van der Waals surface area contributed by atoms with Crippen LogP contribution in [0.2, 0.25) is 0 Å². The number of aromatic nitrogens is 2. The Bertz CT molecular complexity index is 537. The molecule has 5 N–H and O–H groups in total. The predicted molar refractivity (Wildman–Crippen MR) is 89.7 cm³/mol. The third-order valence-corrected chi connectivity index (χ3v) is 4.88. The molecule has 6 heteroatoms. The number of aliphatic hydroxyl groups is 1. The first-order chi connectivity index (χ1) is 10.9. The number of nitrogens with two attached hydrogens (primary N) is 2. The van der Waals surface area contributed by atoms with Crippen LogP contribution in [-0.2, 0) is 6.42 Å². The van der Waals surface area contributed by atoms with E-state index >= 15 is 0 Å². The number of nitrogens with zero attached hydrogens (tertiary/aromatic N) is 2. The minimum atomic E-state index is -0.488. The number of carbonyl (C=O) groups excluding carboxylic acids is 1. The maximum atomic E-state index is 11.2. The van der Waals surface area contributed by atoms with Crippen LogP contribution in [0, 0.1) is 5.41 Å². The Morgan fingerprint density at radius 3 is 2.39 bits per heavy atom. The Balaban J connectivity index is 0.000000229. The molecule has 3 rings (SSSR count). The SMILES string of the molecule is CC1(Cc2nc(N)ncc2C(N)=O)CCC1.OC1CCCCC1. The van der Waals surface area contributed by atoms with Gasteiger partial charge >= 0.3 is 0 Å². The minimum absolute atomic E-state index is 0.0359. The van der Waals surface area contributed by atoms with E-state index in [-0.39, 0.29) is 17.5 Å². The summed E-state index contributed by atoms with van der Waals surface area (Å²) in [6, 6.07) is 0. The molecule has 2 aliphatic carbocycles. The topological polar surface area (TPSA) is 115 Å². The largest absolute Gasteiger partial charge is 0.393 e. The number of hydrogen-bond donors (Lipinski definition) is 3. The molecule has 0 saturated heterocycles. The molecule has 0 atom stereocenters. The second-order valence-corrected chi connectivity index (χ2v) is 7.09. The van der Waals surface area contributed by atoms with Crippen molar-refractivity contribution >= 4 is 11.9 Å². The lowest BCUT2D eigenvalue weighted by Gasteiger charge is -2.38. The number of aliphatic hydroxyl groups excluding tert-OH is 1. The molecule has 0 aromatic carbocycles. The fourth-order valence-corrected chi connectivity index (χ4v) is 3.22. The number of hydrogen-bond acceptors (Lipinski definition) is 5. The summed E-state index contributed by atoms with van der Waals surface area (Å²) in [7, 11) is 0. The van der Waals surface area contributed by atoms with Gasteiger partial charge in [0.1, 0.15) is 0 Å². The first kappa shape index (κ1) is 17.7. The van der Waals surface area contributed by atoms with Crippen LogP contribution in [0.5, 0.6) is 0 Å². The van der Waals surface area contributed by atoms with Crippen LogP contribution in [0.4, 0.5) is 5.95 Å². The number of primary amides is 1. The molecular weight excluding hydrogens is 292 g/mol. The van der Waals surface area contributed by atoms with E-state index in [0.29, 0.717) is 11.3 Å². The molecule has 0 spiro atoms. The maximum absolute atomic E-state index is 11.2. The van der Waals surface area contributed by atoms with Crippen molar-refractivity contribution in [2.24, 2.45) is 11.1 Å². The highest BCUT2D eigenvalue weighted by Crippen LogP contribution is 2.43. The van der Waals surface area contributed by atoms with Crippen LogP contribution in [0.25, 0.3) is 0 Å². The highest BCUT2D eigenvalue weighted by Gasteiger charge is 2.33. The van der Waals surface area contributed by atoms with Crippen molar-refractivity contribution in [1.29, 1.82) is 0 Å². The third kappa shape index (κ3) is 5.16. The molecule has 1 aromatic rings. The lowest BCUT2D eigenvalue weighted by atomic mass is 9.67. The molecule has 23 heavy (non-hydrogen) atoms. The van der Waals surface area contributed by atoms with Gasteiger partial charge in [-0.1, -0.05) is 32.6 Å². The Morgan fingerprint density at radius 2 is 1.96 bits per heavy atom. The van der Waals surface area contributed by atoms with Crippen molar-refractivity contribution in [1.82, 2.24) is 9.97 Å². The smallest absolute Gasteiger partial charge is 0.252 e. The van der Waals surface area contributed by atoms with Crippen molar-refractivity contribution in [2.75, 3.05) is 5.73 Å². The summed E-state index contributed by atoms with van der Waals surface area (Å²) in [6.45, 7) is 2.19. The molecule has 0 unspecified atom stereocenters. The molecule has 2 aliphatic rings. The maximum Gasteiger partial charge on any atom is 0.252 e. The van der Waals surface area contributed by atoms with Crippen LogP contribution < -0.4 is 11.5 Å². The molecule has 0 bridgehead atoms. The number of carbonyl (C=O) groups is 1. The van der Waals surface area contributed by atoms with Gasteiger partial charge in [-0.2, -0.15) is 0 Å². The molecule has 0 aliphatic heterocycles. The number of amides is 1. The van der Waals surface area contributed by atoms with Gasteiger partial charge < -0.3 is 16.6 Å². The van der Waals surface area contributed by atoms with Gasteiger partial charge in [-0.05, 0) is 37.5 Å². The number of anilines is 1. The summed E-state index contributed by atoms with van der Waals surface area (Å²) in [5.41, 5.74) is 12.1. The first-order valence-corrected chi connectivity index (χ1v) is 8.49. The van der Waals surface area contributed by atoms with Gasteiger partial charge in [0.2, 0.25) is 5.95 Å². The monoisotopic (exact) mass is 320 g/mol. The summed E-state index contributed by atoms with van der Waals surface area (Å²) in [5, 5.41) is 8.91. The predicted octanol–water partition coefficient (Wildman–Crippen LogP) is 2.20. The number of rotatable bonds is 3. The van der Waals surface area contributed by atoms with E-state index in [9.17, 15) is 4.79 Å². The summed E-state index contributed by atoms with van der Waals surface area (Å²) < 4.78 is 0. The van der Waals surface area contributed by atoms with Crippen LogP contribution in [-0.4, -0.2) is 27.1 Å². The molecule has 0 radical (unpaired) electrons. The van der Waals surface area contributed by atoms with E-state index in [4.69, 9.17) is 16.6 Å². The number of nitrogen functional groups attached to an aromatic ring is 1. The lowest BCUT2D eigenvalue weighted by Crippen LogP contribution is -2.30. The average Bonchev–Trinajstić information content (AvgIpc) is 2.47. The van der Waals surface area contributed by atoms with Crippen molar-refractivity contribution in [3.05, 3.63) is 17.5 Å². The van der Waals surface area contributed by atoms with Gasteiger partial charge in [-0.15, -0.1) is 0 Å². The quantitative estimate of drug-likeness (QED) is 0.789. The first-order valence-electron chi connectivity index (χ1n) is 8.49. The lowest BCUT2D eigenvalue weighted by molar-refractivity contribution is 0.0996. The van der Waals surface area contributed by atoms with Gasteiger partial charge in [0.15, 0.2) is 0 Å². The zero-order valence-corrected chi connectivity index (χ0v) is 13.9. The van der Waals surface area contributed by atoms with Crippen LogP contribution in [0.3, 0.4) is 0 Å². The highest BCUT2D eigenvalue weighted by molar-refractivity contribution is 5.93. The second-order valence-electron chi connectivity index (χ2n) is 7.09. The zero-order chi connectivity index (χ0) is 16.9. The molecule has 128 valence electrons. The third-order valence-electron chi connectivity index (χ3n) is 4.88. The fraction of sp³-hybridized carbons (Fsp3) is 0.706. The Hall–Kier alpha value is -1.69. The van der Waals surface area contributed by atoms with Gasteiger partial charge in [0, 0.05) is 6.20 Å².